The molecule has 2 aromatic carbocycles. The number of amides is 2. The molecule has 0 saturated heterocycles. The highest BCUT2D eigenvalue weighted by atomic mass is 19.1. The third kappa shape index (κ3) is 6.22. The Morgan fingerprint density at radius 1 is 1.07 bits per heavy atom. The van der Waals surface area contributed by atoms with E-state index in [1.54, 1.807) is 24.3 Å². The number of ketones is 1. The zero-order valence-corrected chi connectivity index (χ0v) is 15.9. The van der Waals surface area contributed by atoms with E-state index in [1.807, 2.05) is 0 Å². The van der Waals surface area contributed by atoms with Crippen LogP contribution in [0.5, 0.6) is 0 Å². The van der Waals surface area contributed by atoms with Gasteiger partial charge in [0.05, 0.1) is 12.1 Å². The number of Topliss-reactive ketones (excluding diaryl/α,β-unsaturated/α-hetero) is 1. The van der Waals surface area contributed by atoms with E-state index in [4.69, 9.17) is 16.6 Å². The molecule has 0 radical (unpaired) electrons. The highest BCUT2D eigenvalue weighted by molar-refractivity contribution is 5.98. The van der Waals surface area contributed by atoms with Crippen LogP contribution in [0.2, 0.25) is 0 Å². The van der Waals surface area contributed by atoms with Gasteiger partial charge in [0.15, 0.2) is 5.78 Å². The number of rotatable bonds is 7. The molecule has 0 aliphatic heterocycles. The molecule has 2 amide bonds. The van der Waals surface area contributed by atoms with Crippen molar-refractivity contribution >= 4 is 23.3 Å². The van der Waals surface area contributed by atoms with Crippen molar-refractivity contribution in [3.8, 4) is 11.8 Å². The summed E-state index contributed by atoms with van der Waals surface area (Å²) in [6, 6.07) is 9.26. The number of hydrogen-bond donors (Lipinski definition) is 5. The van der Waals surface area contributed by atoms with Crippen molar-refractivity contribution in [2.75, 3.05) is 25.0 Å². The maximum Gasteiger partial charge on any atom is 0.252 e. The SMILES string of the molecule is NCC(=O)Nc1ccc(C#Cc2ccc(C(=O)N[C@@H](CN)C(=O)CO)cc2F)cc1. The van der Waals surface area contributed by atoms with Crippen LogP contribution in [-0.2, 0) is 9.59 Å². The second-order valence-corrected chi connectivity index (χ2v) is 6.16. The van der Waals surface area contributed by atoms with E-state index in [9.17, 15) is 18.8 Å². The van der Waals surface area contributed by atoms with Gasteiger partial charge in [-0.05, 0) is 42.5 Å². The smallest absolute Gasteiger partial charge is 0.252 e. The minimum Gasteiger partial charge on any atom is -0.388 e. The Morgan fingerprint density at radius 3 is 2.33 bits per heavy atom. The van der Waals surface area contributed by atoms with Crippen LogP contribution >= 0.6 is 0 Å². The van der Waals surface area contributed by atoms with Crippen molar-refractivity contribution in [1.82, 2.24) is 5.32 Å². The number of nitrogens with one attached hydrogen (secondary N) is 2. The van der Waals surface area contributed by atoms with E-state index in [0.29, 0.717) is 11.3 Å². The highest BCUT2D eigenvalue weighted by Crippen LogP contribution is 2.12. The lowest BCUT2D eigenvalue weighted by Gasteiger charge is -2.14. The third-order valence-corrected chi connectivity index (χ3v) is 4.01. The van der Waals surface area contributed by atoms with Gasteiger partial charge in [0.1, 0.15) is 18.5 Å². The molecule has 0 saturated carbocycles. The number of hydrogen-bond acceptors (Lipinski definition) is 6. The maximum atomic E-state index is 14.3. The first-order chi connectivity index (χ1) is 14.4. The van der Waals surface area contributed by atoms with E-state index in [1.165, 1.54) is 12.1 Å². The van der Waals surface area contributed by atoms with Gasteiger partial charge in [-0.15, -0.1) is 0 Å². The second-order valence-electron chi connectivity index (χ2n) is 6.16. The van der Waals surface area contributed by atoms with Gasteiger partial charge in [0.25, 0.3) is 5.91 Å². The van der Waals surface area contributed by atoms with Crippen LogP contribution in [0.1, 0.15) is 21.5 Å². The first-order valence-corrected chi connectivity index (χ1v) is 8.94. The summed E-state index contributed by atoms with van der Waals surface area (Å²) in [5, 5.41) is 13.8. The fourth-order valence-electron chi connectivity index (χ4n) is 2.37. The standard InChI is InChI=1S/C21H21FN4O4/c22-17-9-15(21(30)26-18(10-23)19(28)12-27)6-5-14(17)4-1-13-2-7-16(8-3-13)25-20(29)11-24/h2-3,5-9,18,27H,10-12,23-24H2,(H,25,29)(H,26,30)/t18-/m0/s1. The molecule has 0 heterocycles. The lowest BCUT2D eigenvalue weighted by molar-refractivity contribution is -0.123. The van der Waals surface area contributed by atoms with Crippen LogP contribution in [0.15, 0.2) is 42.5 Å². The van der Waals surface area contributed by atoms with Gasteiger partial charge in [-0.25, -0.2) is 4.39 Å². The number of benzene rings is 2. The van der Waals surface area contributed by atoms with Crippen molar-refractivity contribution in [3.05, 3.63) is 65.0 Å². The van der Waals surface area contributed by atoms with E-state index in [2.05, 4.69) is 22.5 Å². The molecule has 0 aliphatic rings. The lowest BCUT2D eigenvalue weighted by Crippen LogP contribution is -2.47. The van der Waals surface area contributed by atoms with Gasteiger partial charge in [-0.1, -0.05) is 11.8 Å². The summed E-state index contributed by atoms with van der Waals surface area (Å²) in [6.07, 6.45) is 0. The van der Waals surface area contributed by atoms with Gasteiger partial charge in [-0.3, -0.25) is 14.4 Å². The van der Waals surface area contributed by atoms with Crippen molar-refractivity contribution in [2.45, 2.75) is 6.04 Å². The number of anilines is 1. The Kier molecular flexibility index (Phi) is 8.19. The van der Waals surface area contributed by atoms with Crippen LogP contribution < -0.4 is 22.1 Å². The number of carbonyl (C=O) groups excluding carboxylic acids is 3. The number of nitrogens with two attached hydrogens (primary N) is 2. The average molecular weight is 412 g/mol. The Bertz CT molecular complexity index is 996. The summed E-state index contributed by atoms with van der Waals surface area (Å²) in [6.45, 7) is -1.07. The molecule has 30 heavy (non-hydrogen) atoms. The van der Waals surface area contributed by atoms with Gasteiger partial charge in [0.2, 0.25) is 5.91 Å². The Balaban J connectivity index is 2.10. The first-order valence-electron chi connectivity index (χ1n) is 8.94. The molecule has 2 aromatic rings. The van der Waals surface area contributed by atoms with E-state index >= 15 is 0 Å². The van der Waals surface area contributed by atoms with E-state index in [-0.39, 0.29) is 30.1 Å². The minimum absolute atomic E-state index is 0.0118. The van der Waals surface area contributed by atoms with Crippen LogP contribution in [0.4, 0.5) is 10.1 Å². The molecule has 0 aliphatic carbocycles. The van der Waals surface area contributed by atoms with Gasteiger partial charge in [-0.2, -0.15) is 0 Å². The Labute approximate surface area is 172 Å². The predicted molar refractivity (Wildman–Crippen MR) is 109 cm³/mol. The summed E-state index contributed by atoms with van der Waals surface area (Å²) in [5.74, 6) is 3.11. The molecule has 8 nitrogen and oxygen atoms in total. The zero-order valence-electron chi connectivity index (χ0n) is 15.9. The number of aliphatic hydroxyl groups is 1. The lowest BCUT2D eigenvalue weighted by atomic mass is 10.1. The number of halogens is 1. The molecule has 1 atom stereocenters. The molecule has 9 heteroatoms. The molecule has 2 rings (SSSR count). The van der Waals surface area contributed by atoms with Crippen LogP contribution in [-0.4, -0.2) is 48.4 Å². The molecule has 156 valence electrons. The summed E-state index contributed by atoms with van der Waals surface area (Å²) >= 11 is 0. The molecule has 0 fully saturated rings. The van der Waals surface area contributed by atoms with Gasteiger partial charge in [0, 0.05) is 23.4 Å². The monoisotopic (exact) mass is 412 g/mol. The molecule has 0 unspecified atom stereocenters. The first kappa shape index (κ1) is 22.7. The molecule has 7 N–H and O–H groups in total. The quantitative estimate of drug-likeness (QED) is 0.396. The van der Waals surface area contributed by atoms with Crippen molar-refractivity contribution in [2.24, 2.45) is 11.5 Å². The second kappa shape index (κ2) is 10.8. The van der Waals surface area contributed by atoms with Crippen LogP contribution in [0, 0.1) is 17.7 Å². The Morgan fingerprint density at radius 2 is 1.77 bits per heavy atom. The van der Waals surface area contributed by atoms with Crippen molar-refractivity contribution < 1.29 is 23.9 Å². The van der Waals surface area contributed by atoms with Gasteiger partial charge >= 0.3 is 0 Å². The predicted octanol–water partition coefficient (Wildman–Crippen LogP) is -0.259. The third-order valence-electron chi connectivity index (χ3n) is 4.01. The average Bonchev–Trinajstić information content (AvgIpc) is 2.76. The number of carbonyl (C=O) groups is 3. The van der Waals surface area contributed by atoms with Gasteiger partial charge < -0.3 is 27.2 Å². The summed E-state index contributed by atoms with van der Waals surface area (Å²) in [7, 11) is 0. The Hall–Kier alpha value is -3.58. The number of aliphatic hydroxyl groups excluding tert-OH is 1. The molecular formula is C21H21FN4O4. The summed E-state index contributed by atoms with van der Waals surface area (Å²) in [4.78, 5) is 34.9. The summed E-state index contributed by atoms with van der Waals surface area (Å²) in [5.41, 5.74) is 11.9. The largest absolute Gasteiger partial charge is 0.388 e. The zero-order chi connectivity index (χ0) is 22.1. The van der Waals surface area contributed by atoms with Crippen LogP contribution in [0.3, 0.4) is 0 Å². The maximum absolute atomic E-state index is 14.3. The molecule has 0 spiro atoms. The fourth-order valence-corrected chi connectivity index (χ4v) is 2.37. The van der Waals surface area contributed by atoms with E-state index < -0.39 is 30.2 Å². The normalized spacial score (nSPS) is 11.1. The molecule has 0 bridgehead atoms. The topological polar surface area (TPSA) is 148 Å². The van der Waals surface area contributed by atoms with Crippen molar-refractivity contribution in [3.63, 3.8) is 0 Å². The minimum atomic E-state index is -1.05. The van der Waals surface area contributed by atoms with Crippen molar-refractivity contribution in [1.29, 1.82) is 0 Å². The van der Waals surface area contributed by atoms with E-state index in [0.717, 1.165) is 6.07 Å². The fraction of sp³-hybridized carbons (Fsp3) is 0.190. The van der Waals surface area contributed by atoms with Crippen LogP contribution in [0.25, 0.3) is 0 Å². The molecular weight excluding hydrogens is 391 g/mol. The summed E-state index contributed by atoms with van der Waals surface area (Å²) < 4.78 is 14.3. The molecule has 0 aromatic heterocycles. The highest BCUT2D eigenvalue weighted by Gasteiger charge is 2.19.